The molecule has 104 valence electrons. The summed E-state index contributed by atoms with van der Waals surface area (Å²) in [7, 11) is 0. The normalized spacial score (nSPS) is 11.3. The zero-order chi connectivity index (χ0) is 13.2. The minimum absolute atomic E-state index is 0.844. The maximum atomic E-state index is 4.23. The number of hydrogen-bond acceptors (Lipinski definition) is 3. The van der Waals surface area contributed by atoms with E-state index in [1.807, 2.05) is 10.9 Å². The molecule has 0 aliphatic heterocycles. The van der Waals surface area contributed by atoms with Crippen LogP contribution in [0.3, 0.4) is 0 Å². The van der Waals surface area contributed by atoms with Gasteiger partial charge in [0.05, 0.1) is 11.9 Å². The molecule has 0 saturated carbocycles. The molecule has 0 amide bonds. The van der Waals surface area contributed by atoms with Crippen LogP contribution in [-0.4, -0.2) is 20.7 Å². The van der Waals surface area contributed by atoms with Gasteiger partial charge in [-0.2, -0.15) is 12.6 Å². The van der Waals surface area contributed by atoms with E-state index in [1.54, 1.807) is 0 Å². The van der Waals surface area contributed by atoms with Crippen molar-refractivity contribution in [2.45, 2.75) is 65.3 Å². The largest absolute Gasteiger partial charge is 0.249 e. The maximum absolute atomic E-state index is 4.23. The Morgan fingerprint density at radius 1 is 1.17 bits per heavy atom. The molecule has 1 rings (SSSR count). The highest BCUT2D eigenvalue weighted by Crippen LogP contribution is 2.11. The second-order valence-corrected chi connectivity index (χ2v) is 5.82. The first-order valence-electron chi connectivity index (χ1n) is 7.22. The van der Waals surface area contributed by atoms with Gasteiger partial charge in [-0.1, -0.05) is 44.7 Å². The smallest absolute Gasteiger partial charge is 0.0725 e. The second kappa shape index (κ2) is 9.42. The molecular weight excluding hydrogens is 242 g/mol. The molecule has 18 heavy (non-hydrogen) atoms. The SMILES string of the molecule is CC(C)CCCCCCc1cnnn1CCCS. The summed E-state index contributed by atoms with van der Waals surface area (Å²) in [4.78, 5) is 0. The first-order chi connectivity index (χ1) is 8.74. The molecule has 1 heterocycles. The van der Waals surface area contributed by atoms with Gasteiger partial charge in [-0.15, -0.1) is 5.10 Å². The number of aromatic nitrogens is 3. The Hall–Kier alpha value is -0.510. The van der Waals surface area contributed by atoms with Gasteiger partial charge in [-0.3, -0.25) is 0 Å². The number of rotatable bonds is 10. The van der Waals surface area contributed by atoms with Crippen molar-refractivity contribution in [2.75, 3.05) is 5.75 Å². The highest BCUT2D eigenvalue weighted by molar-refractivity contribution is 7.80. The predicted molar refractivity (Wildman–Crippen MR) is 80.1 cm³/mol. The van der Waals surface area contributed by atoms with Crippen molar-refractivity contribution < 1.29 is 0 Å². The average molecular weight is 269 g/mol. The van der Waals surface area contributed by atoms with Crippen LogP contribution >= 0.6 is 12.6 Å². The van der Waals surface area contributed by atoms with Crippen LogP contribution in [0.4, 0.5) is 0 Å². The zero-order valence-electron chi connectivity index (χ0n) is 11.8. The molecule has 1 aromatic rings. The Morgan fingerprint density at radius 3 is 2.67 bits per heavy atom. The van der Waals surface area contributed by atoms with Gasteiger partial charge in [-0.25, -0.2) is 4.68 Å². The van der Waals surface area contributed by atoms with E-state index in [2.05, 4.69) is 36.8 Å². The van der Waals surface area contributed by atoms with Gasteiger partial charge < -0.3 is 0 Å². The standard InChI is InChI=1S/C14H27N3S/c1-13(2)8-5-3-4-6-9-14-12-15-16-17(14)10-7-11-18/h12-13,18H,3-11H2,1-2H3. The first kappa shape index (κ1) is 15.5. The summed E-state index contributed by atoms with van der Waals surface area (Å²) in [6.07, 6.45) is 10.8. The van der Waals surface area contributed by atoms with Crippen molar-refractivity contribution in [3.05, 3.63) is 11.9 Å². The molecule has 0 saturated heterocycles. The summed E-state index contributed by atoms with van der Waals surface area (Å²) in [5.74, 6) is 1.76. The van der Waals surface area contributed by atoms with Gasteiger partial charge in [0.2, 0.25) is 0 Å². The van der Waals surface area contributed by atoms with Crippen LogP contribution in [0.15, 0.2) is 6.20 Å². The van der Waals surface area contributed by atoms with E-state index in [9.17, 15) is 0 Å². The number of hydrogen-bond donors (Lipinski definition) is 1. The lowest BCUT2D eigenvalue weighted by Crippen LogP contribution is -2.06. The van der Waals surface area contributed by atoms with Gasteiger partial charge in [0.25, 0.3) is 0 Å². The lowest BCUT2D eigenvalue weighted by molar-refractivity contribution is 0.511. The van der Waals surface area contributed by atoms with Gasteiger partial charge in [0.15, 0.2) is 0 Å². The summed E-state index contributed by atoms with van der Waals surface area (Å²) < 4.78 is 2.03. The third-order valence-corrected chi connectivity index (χ3v) is 3.51. The topological polar surface area (TPSA) is 30.7 Å². The molecule has 0 aliphatic carbocycles. The monoisotopic (exact) mass is 269 g/mol. The van der Waals surface area contributed by atoms with Crippen LogP contribution in [0.5, 0.6) is 0 Å². The molecule has 0 spiro atoms. The van der Waals surface area contributed by atoms with Crippen LogP contribution in [0.1, 0.15) is 58.1 Å². The van der Waals surface area contributed by atoms with Crippen molar-refractivity contribution in [3.8, 4) is 0 Å². The van der Waals surface area contributed by atoms with Crippen LogP contribution in [0.2, 0.25) is 0 Å². The fraction of sp³-hybridized carbons (Fsp3) is 0.857. The van der Waals surface area contributed by atoms with Crippen LogP contribution in [0.25, 0.3) is 0 Å². The quantitative estimate of drug-likeness (QED) is 0.518. The highest BCUT2D eigenvalue weighted by Gasteiger charge is 2.03. The molecule has 1 aromatic heterocycles. The zero-order valence-corrected chi connectivity index (χ0v) is 12.7. The number of thiol groups is 1. The maximum Gasteiger partial charge on any atom is 0.0725 e. The van der Waals surface area contributed by atoms with Gasteiger partial charge in [-0.05, 0) is 30.9 Å². The lowest BCUT2D eigenvalue weighted by atomic mass is 10.0. The van der Waals surface area contributed by atoms with E-state index in [0.717, 1.165) is 31.1 Å². The number of aryl methyl sites for hydroxylation is 2. The Bertz CT molecular complexity index is 310. The minimum Gasteiger partial charge on any atom is -0.249 e. The van der Waals surface area contributed by atoms with E-state index in [1.165, 1.54) is 37.8 Å². The summed E-state index contributed by atoms with van der Waals surface area (Å²) in [6.45, 7) is 5.55. The molecule has 0 N–H and O–H groups in total. The molecule has 0 atom stereocenters. The molecule has 0 radical (unpaired) electrons. The van der Waals surface area contributed by atoms with Crippen molar-refractivity contribution >= 4 is 12.6 Å². The molecular formula is C14H27N3S. The Kier molecular flexibility index (Phi) is 8.14. The van der Waals surface area contributed by atoms with Crippen LogP contribution in [-0.2, 0) is 13.0 Å². The van der Waals surface area contributed by atoms with Crippen molar-refractivity contribution in [1.29, 1.82) is 0 Å². The van der Waals surface area contributed by atoms with Crippen molar-refractivity contribution in [2.24, 2.45) is 5.92 Å². The second-order valence-electron chi connectivity index (χ2n) is 5.37. The van der Waals surface area contributed by atoms with Gasteiger partial charge >= 0.3 is 0 Å². The third kappa shape index (κ3) is 6.43. The molecule has 0 fully saturated rings. The predicted octanol–water partition coefficient (Wildman–Crippen LogP) is 3.75. The first-order valence-corrected chi connectivity index (χ1v) is 7.85. The fourth-order valence-electron chi connectivity index (χ4n) is 2.09. The van der Waals surface area contributed by atoms with E-state index < -0.39 is 0 Å². The van der Waals surface area contributed by atoms with E-state index in [4.69, 9.17) is 0 Å². The molecule has 0 aromatic carbocycles. The summed E-state index contributed by atoms with van der Waals surface area (Å²) in [5.41, 5.74) is 1.28. The Labute approximate surface area is 117 Å². The number of nitrogens with zero attached hydrogens (tertiary/aromatic N) is 3. The van der Waals surface area contributed by atoms with Crippen molar-refractivity contribution in [1.82, 2.24) is 15.0 Å². The summed E-state index contributed by atoms with van der Waals surface area (Å²) in [5, 5.41) is 8.13. The third-order valence-electron chi connectivity index (χ3n) is 3.19. The van der Waals surface area contributed by atoms with E-state index in [-0.39, 0.29) is 0 Å². The lowest BCUT2D eigenvalue weighted by Gasteiger charge is -2.06. The Morgan fingerprint density at radius 2 is 1.94 bits per heavy atom. The molecule has 0 unspecified atom stereocenters. The molecule has 0 aliphatic rings. The highest BCUT2D eigenvalue weighted by atomic mass is 32.1. The summed E-state index contributed by atoms with van der Waals surface area (Å²) >= 11 is 4.23. The van der Waals surface area contributed by atoms with E-state index >= 15 is 0 Å². The van der Waals surface area contributed by atoms with Crippen LogP contribution < -0.4 is 0 Å². The van der Waals surface area contributed by atoms with E-state index in [0.29, 0.717) is 0 Å². The van der Waals surface area contributed by atoms with Gasteiger partial charge in [0, 0.05) is 6.54 Å². The van der Waals surface area contributed by atoms with Gasteiger partial charge in [0.1, 0.15) is 0 Å². The molecule has 0 bridgehead atoms. The molecule has 4 heteroatoms. The molecule has 3 nitrogen and oxygen atoms in total. The van der Waals surface area contributed by atoms with Crippen molar-refractivity contribution in [3.63, 3.8) is 0 Å². The van der Waals surface area contributed by atoms with Crippen LogP contribution in [0, 0.1) is 5.92 Å². The fourth-order valence-corrected chi connectivity index (χ4v) is 2.23. The summed E-state index contributed by atoms with van der Waals surface area (Å²) in [6, 6.07) is 0. The Balaban J connectivity index is 2.13. The minimum atomic E-state index is 0.844. The number of unbranched alkanes of at least 4 members (excludes halogenated alkanes) is 3. The average Bonchev–Trinajstić information content (AvgIpc) is 2.78.